The molecule has 0 amide bonds. The molecule has 0 N–H and O–H groups in total. The summed E-state index contributed by atoms with van der Waals surface area (Å²) in [5.41, 5.74) is 0. The fraction of sp³-hybridized carbons (Fsp3) is 0.692. The summed E-state index contributed by atoms with van der Waals surface area (Å²) >= 11 is 3.35. The van der Waals surface area contributed by atoms with Crippen LogP contribution in [0.25, 0.3) is 0 Å². The van der Waals surface area contributed by atoms with Crippen molar-refractivity contribution in [2.75, 3.05) is 19.6 Å². The molecule has 4 nitrogen and oxygen atoms in total. The van der Waals surface area contributed by atoms with Gasteiger partial charge in [-0.2, -0.15) is 0 Å². The molecule has 1 saturated carbocycles. The maximum absolute atomic E-state index is 6.08. The predicted octanol–water partition coefficient (Wildman–Crippen LogP) is 1.96. The van der Waals surface area contributed by atoms with Gasteiger partial charge in [-0.05, 0) is 34.7 Å². The van der Waals surface area contributed by atoms with Crippen LogP contribution >= 0.6 is 15.9 Å². The molecular weight excluding hydrogens is 294 g/mol. The van der Waals surface area contributed by atoms with Crippen molar-refractivity contribution in [3.05, 3.63) is 16.9 Å². The molecule has 0 aromatic carbocycles. The first-order valence-corrected chi connectivity index (χ1v) is 7.44. The summed E-state index contributed by atoms with van der Waals surface area (Å²) in [6.07, 6.45) is 6.49. The molecule has 0 spiro atoms. The third kappa shape index (κ3) is 1.84. The van der Waals surface area contributed by atoms with Crippen molar-refractivity contribution >= 4 is 15.9 Å². The number of aromatic nitrogens is 2. The van der Waals surface area contributed by atoms with E-state index >= 15 is 0 Å². The molecule has 0 radical (unpaired) electrons. The number of hydrogen-bond acceptors (Lipinski definition) is 4. The Morgan fingerprint density at radius 1 is 1.11 bits per heavy atom. The van der Waals surface area contributed by atoms with Crippen LogP contribution in [0.4, 0.5) is 0 Å². The quantitative estimate of drug-likeness (QED) is 0.837. The molecule has 2 atom stereocenters. The molecule has 5 rings (SSSR count). The van der Waals surface area contributed by atoms with E-state index in [0.717, 1.165) is 10.4 Å². The Hall–Kier alpha value is -0.680. The Bertz CT molecular complexity index is 422. The number of halogens is 1. The molecule has 4 aliphatic rings. The molecule has 3 aliphatic heterocycles. The SMILES string of the molecule is Brc1cnc(OC2C3CC4CC2CN(C4)C3)nc1. The molecule has 1 aliphatic carbocycles. The van der Waals surface area contributed by atoms with Crippen LogP contribution in [-0.2, 0) is 0 Å². The Labute approximate surface area is 115 Å². The van der Waals surface area contributed by atoms with Gasteiger partial charge in [-0.15, -0.1) is 0 Å². The lowest BCUT2D eigenvalue weighted by atomic mass is 9.66. The zero-order chi connectivity index (χ0) is 12.1. The lowest BCUT2D eigenvalue weighted by Gasteiger charge is -2.55. The fourth-order valence-electron chi connectivity index (χ4n) is 4.04. The van der Waals surface area contributed by atoms with Crippen LogP contribution in [0.1, 0.15) is 12.8 Å². The molecule has 4 bridgehead atoms. The summed E-state index contributed by atoms with van der Waals surface area (Å²) in [7, 11) is 0. The Morgan fingerprint density at radius 2 is 1.78 bits per heavy atom. The number of piperidine rings is 3. The standard InChI is InChI=1S/C13H16BrN3O/c14-11-3-15-13(16-4-11)18-12-9-1-8-2-10(12)7-17(5-8)6-9/h3-4,8-10,12H,1-2,5-7H2. The summed E-state index contributed by atoms with van der Waals surface area (Å²) in [5.74, 6) is 2.28. The lowest BCUT2D eigenvalue weighted by molar-refractivity contribution is -0.101. The molecule has 2 unspecified atom stereocenters. The maximum atomic E-state index is 6.08. The van der Waals surface area contributed by atoms with Gasteiger partial charge in [0.15, 0.2) is 0 Å². The Morgan fingerprint density at radius 3 is 2.39 bits per heavy atom. The first-order chi connectivity index (χ1) is 8.78. The minimum absolute atomic E-state index is 0.332. The highest BCUT2D eigenvalue weighted by Gasteiger charge is 2.48. The highest BCUT2D eigenvalue weighted by atomic mass is 79.9. The number of nitrogens with zero attached hydrogens (tertiary/aromatic N) is 3. The zero-order valence-electron chi connectivity index (χ0n) is 10.1. The Balaban J connectivity index is 1.53. The molecule has 4 heterocycles. The summed E-state index contributed by atoms with van der Waals surface area (Å²) in [4.78, 5) is 11.1. The van der Waals surface area contributed by atoms with E-state index in [1.165, 1.54) is 32.5 Å². The highest BCUT2D eigenvalue weighted by molar-refractivity contribution is 9.10. The third-order valence-electron chi connectivity index (χ3n) is 4.54. The smallest absolute Gasteiger partial charge is 0.316 e. The summed E-state index contributed by atoms with van der Waals surface area (Å²) in [5, 5.41) is 0. The van der Waals surface area contributed by atoms with Crippen LogP contribution in [0.15, 0.2) is 16.9 Å². The second kappa shape index (κ2) is 4.17. The fourth-order valence-corrected chi connectivity index (χ4v) is 4.24. The molecule has 3 saturated heterocycles. The van der Waals surface area contributed by atoms with E-state index in [1.807, 2.05) is 0 Å². The van der Waals surface area contributed by atoms with Crippen LogP contribution < -0.4 is 4.74 Å². The minimum Gasteiger partial charge on any atom is -0.459 e. The van der Waals surface area contributed by atoms with Crippen LogP contribution in [0, 0.1) is 17.8 Å². The first-order valence-electron chi connectivity index (χ1n) is 6.64. The number of rotatable bonds is 2. The second-order valence-corrected chi connectivity index (χ2v) is 6.76. The monoisotopic (exact) mass is 309 g/mol. The zero-order valence-corrected chi connectivity index (χ0v) is 11.7. The number of ether oxygens (including phenoxy) is 1. The van der Waals surface area contributed by atoms with Gasteiger partial charge in [0.05, 0.1) is 4.47 Å². The lowest BCUT2D eigenvalue weighted by Crippen LogP contribution is -2.61. The van der Waals surface area contributed by atoms with E-state index in [4.69, 9.17) is 4.74 Å². The van der Waals surface area contributed by atoms with Crippen LogP contribution in [-0.4, -0.2) is 40.6 Å². The van der Waals surface area contributed by atoms with Gasteiger partial charge in [-0.1, -0.05) is 0 Å². The second-order valence-electron chi connectivity index (χ2n) is 5.84. The van der Waals surface area contributed by atoms with Gasteiger partial charge in [0, 0.05) is 43.9 Å². The van der Waals surface area contributed by atoms with Crippen LogP contribution in [0.5, 0.6) is 6.01 Å². The third-order valence-corrected chi connectivity index (χ3v) is 4.95. The average molecular weight is 310 g/mol. The van der Waals surface area contributed by atoms with Crippen LogP contribution in [0.3, 0.4) is 0 Å². The van der Waals surface area contributed by atoms with Gasteiger partial charge < -0.3 is 9.64 Å². The van der Waals surface area contributed by atoms with Crippen molar-refractivity contribution in [1.82, 2.24) is 14.9 Å². The predicted molar refractivity (Wildman–Crippen MR) is 70.3 cm³/mol. The molecule has 5 heteroatoms. The summed E-state index contributed by atoms with van der Waals surface area (Å²) in [6, 6.07) is 0.533. The van der Waals surface area contributed by atoms with Crippen molar-refractivity contribution < 1.29 is 4.74 Å². The molecule has 4 fully saturated rings. The summed E-state index contributed by atoms with van der Waals surface area (Å²) in [6.45, 7) is 3.72. The largest absolute Gasteiger partial charge is 0.459 e. The maximum Gasteiger partial charge on any atom is 0.316 e. The highest BCUT2D eigenvalue weighted by Crippen LogP contribution is 2.44. The normalized spacial score (nSPS) is 41.1. The van der Waals surface area contributed by atoms with Gasteiger partial charge in [0.25, 0.3) is 0 Å². The van der Waals surface area contributed by atoms with E-state index in [9.17, 15) is 0 Å². The number of hydrogen-bond donors (Lipinski definition) is 0. The average Bonchev–Trinajstić information content (AvgIpc) is 2.35. The van der Waals surface area contributed by atoms with Crippen molar-refractivity contribution in [3.8, 4) is 6.01 Å². The topological polar surface area (TPSA) is 38.2 Å². The van der Waals surface area contributed by atoms with Crippen molar-refractivity contribution in [1.29, 1.82) is 0 Å². The summed E-state index contributed by atoms with van der Waals surface area (Å²) < 4.78 is 6.97. The van der Waals surface area contributed by atoms with E-state index in [2.05, 4.69) is 30.8 Å². The van der Waals surface area contributed by atoms with Gasteiger partial charge in [0.1, 0.15) is 6.10 Å². The van der Waals surface area contributed by atoms with Crippen molar-refractivity contribution in [2.24, 2.45) is 17.8 Å². The molecule has 18 heavy (non-hydrogen) atoms. The van der Waals surface area contributed by atoms with E-state index in [1.54, 1.807) is 12.4 Å². The molecule has 96 valence electrons. The first kappa shape index (κ1) is 11.2. The van der Waals surface area contributed by atoms with E-state index < -0.39 is 0 Å². The Kier molecular flexibility index (Phi) is 2.59. The van der Waals surface area contributed by atoms with Gasteiger partial charge in [0.2, 0.25) is 0 Å². The van der Waals surface area contributed by atoms with E-state index in [0.29, 0.717) is 24.0 Å². The van der Waals surface area contributed by atoms with Crippen molar-refractivity contribution in [3.63, 3.8) is 0 Å². The van der Waals surface area contributed by atoms with Gasteiger partial charge >= 0.3 is 6.01 Å². The van der Waals surface area contributed by atoms with Crippen molar-refractivity contribution in [2.45, 2.75) is 18.9 Å². The van der Waals surface area contributed by atoms with Gasteiger partial charge in [-0.25, -0.2) is 9.97 Å². The van der Waals surface area contributed by atoms with Crippen LogP contribution in [0.2, 0.25) is 0 Å². The minimum atomic E-state index is 0.332. The molecule has 1 aromatic heterocycles. The molecule has 1 aromatic rings. The van der Waals surface area contributed by atoms with E-state index in [-0.39, 0.29) is 0 Å². The molecular formula is C13H16BrN3O. The van der Waals surface area contributed by atoms with Gasteiger partial charge in [-0.3, -0.25) is 0 Å².